The summed E-state index contributed by atoms with van der Waals surface area (Å²) in [6.07, 6.45) is 0. The SMILES string of the molecule is COCc1ccc2c(c1)c(OC(C)(C)C(=O)Nc1cc(C)nn1C)nn2Cc1ccccc1. The molecule has 0 atom stereocenters. The fraction of sp³-hybridized carbons (Fsp3) is 0.320. The van der Waals surface area contributed by atoms with E-state index in [0.29, 0.717) is 24.8 Å². The molecule has 2 heterocycles. The lowest BCUT2D eigenvalue weighted by Crippen LogP contribution is -2.43. The van der Waals surface area contributed by atoms with Gasteiger partial charge in [0.25, 0.3) is 5.91 Å². The number of hydrogen-bond acceptors (Lipinski definition) is 5. The summed E-state index contributed by atoms with van der Waals surface area (Å²) in [6, 6.07) is 17.9. The minimum absolute atomic E-state index is 0.288. The van der Waals surface area contributed by atoms with E-state index in [-0.39, 0.29) is 5.91 Å². The summed E-state index contributed by atoms with van der Waals surface area (Å²) in [7, 11) is 3.45. The molecule has 33 heavy (non-hydrogen) atoms. The van der Waals surface area contributed by atoms with Crippen LogP contribution in [0.2, 0.25) is 0 Å². The molecule has 8 nitrogen and oxygen atoms in total. The molecule has 1 amide bonds. The van der Waals surface area contributed by atoms with Crippen LogP contribution in [0.15, 0.2) is 54.6 Å². The first-order valence-electron chi connectivity index (χ1n) is 10.8. The number of aromatic nitrogens is 4. The molecule has 172 valence electrons. The highest BCUT2D eigenvalue weighted by molar-refractivity contribution is 5.97. The van der Waals surface area contributed by atoms with E-state index < -0.39 is 5.60 Å². The fourth-order valence-corrected chi connectivity index (χ4v) is 3.69. The van der Waals surface area contributed by atoms with Gasteiger partial charge in [-0.1, -0.05) is 36.4 Å². The topological polar surface area (TPSA) is 83.2 Å². The summed E-state index contributed by atoms with van der Waals surface area (Å²) >= 11 is 0. The summed E-state index contributed by atoms with van der Waals surface area (Å²) in [4.78, 5) is 13.1. The third-order valence-electron chi connectivity index (χ3n) is 5.41. The Balaban J connectivity index is 1.66. The first kappa shape index (κ1) is 22.5. The number of aryl methyl sites for hydroxylation is 2. The van der Waals surface area contributed by atoms with Gasteiger partial charge in [0.2, 0.25) is 5.88 Å². The van der Waals surface area contributed by atoms with Crippen LogP contribution in [0, 0.1) is 6.92 Å². The zero-order valence-electron chi connectivity index (χ0n) is 19.6. The number of nitrogens with one attached hydrogen (secondary N) is 1. The van der Waals surface area contributed by atoms with Gasteiger partial charge in [0.05, 0.1) is 29.7 Å². The Morgan fingerprint density at radius 3 is 2.48 bits per heavy atom. The number of amides is 1. The second-order valence-corrected chi connectivity index (χ2v) is 8.59. The molecular weight excluding hydrogens is 418 g/mol. The summed E-state index contributed by atoms with van der Waals surface area (Å²) in [5.74, 6) is 0.723. The molecular formula is C25H29N5O3. The molecule has 2 aromatic heterocycles. The second-order valence-electron chi connectivity index (χ2n) is 8.59. The minimum Gasteiger partial charge on any atom is -0.460 e. The molecule has 0 saturated heterocycles. The molecule has 0 unspecified atom stereocenters. The number of benzene rings is 2. The van der Waals surface area contributed by atoms with Crippen LogP contribution >= 0.6 is 0 Å². The standard InChI is InChI=1S/C25H29N5O3/c1-17-13-22(29(4)27-17)26-24(31)25(2,3)33-23-20-14-19(16-32-5)11-12-21(20)30(28-23)15-18-9-7-6-8-10-18/h6-14H,15-16H2,1-5H3,(H,26,31). The number of ether oxygens (including phenoxy) is 2. The lowest BCUT2D eigenvalue weighted by atomic mass is 10.1. The zero-order chi connectivity index (χ0) is 23.6. The van der Waals surface area contributed by atoms with E-state index >= 15 is 0 Å². The number of anilines is 1. The Kier molecular flexibility index (Phi) is 6.20. The number of methoxy groups -OCH3 is 1. The van der Waals surface area contributed by atoms with Crippen LogP contribution in [0.25, 0.3) is 10.9 Å². The van der Waals surface area contributed by atoms with Crippen LogP contribution in [-0.2, 0) is 29.7 Å². The average molecular weight is 448 g/mol. The molecule has 0 saturated carbocycles. The average Bonchev–Trinajstić information content (AvgIpc) is 3.27. The third-order valence-corrected chi connectivity index (χ3v) is 5.41. The van der Waals surface area contributed by atoms with Crippen molar-refractivity contribution in [3.63, 3.8) is 0 Å². The van der Waals surface area contributed by atoms with Crippen LogP contribution in [0.1, 0.15) is 30.7 Å². The molecule has 4 rings (SSSR count). The van der Waals surface area contributed by atoms with Gasteiger partial charge in [-0.15, -0.1) is 5.10 Å². The quantitative estimate of drug-likeness (QED) is 0.440. The van der Waals surface area contributed by atoms with Crippen LogP contribution in [0.3, 0.4) is 0 Å². The summed E-state index contributed by atoms with van der Waals surface area (Å²) in [5, 5.41) is 12.7. The van der Waals surface area contributed by atoms with Crippen molar-refractivity contribution in [3.05, 3.63) is 71.4 Å². The maximum Gasteiger partial charge on any atom is 0.269 e. The van der Waals surface area contributed by atoms with Crippen molar-refractivity contribution in [1.82, 2.24) is 19.6 Å². The smallest absolute Gasteiger partial charge is 0.269 e. The number of rotatable bonds is 8. The van der Waals surface area contributed by atoms with Gasteiger partial charge in [-0.2, -0.15) is 5.10 Å². The highest BCUT2D eigenvalue weighted by Gasteiger charge is 2.32. The van der Waals surface area contributed by atoms with E-state index in [1.54, 1.807) is 32.7 Å². The molecule has 4 aromatic rings. The van der Waals surface area contributed by atoms with Gasteiger partial charge in [0.15, 0.2) is 5.60 Å². The molecule has 0 radical (unpaired) electrons. The highest BCUT2D eigenvalue weighted by Crippen LogP contribution is 2.30. The Bertz CT molecular complexity index is 1270. The number of carbonyl (C=O) groups excluding carboxylic acids is 1. The fourth-order valence-electron chi connectivity index (χ4n) is 3.69. The van der Waals surface area contributed by atoms with E-state index in [4.69, 9.17) is 14.6 Å². The largest absolute Gasteiger partial charge is 0.460 e. The highest BCUT2D eigenvalue weighted by atomic mass is 16.5. The van der Waals surface area contributed by atoms with Crippen molar-refractivity contribution < 1.29 is 14.3 Å². The van der Waals surface area contributed by atoms with Crippen molar-refractivity contribution >= 4 is 22.6 Å². The normalized spacial score (nSPS) is 11.7. The lowest BCUT2D eigenvalue weighted by molar-refractivity contribution is -0.128. The van der Waals surface area contributed by atoms with Crippen LogP contribution in [-0.4, -0.2) is 38.2 Å². The van der Waals surface area contributed by atoms with Crippen LogP contribution < -0.4 is 10.1 Å². The molecule has 0 aliphatic rings. The van der Waals surface area contributed by atoms with Crippen molar-refractivity contribution in [2.24, 2.45) is 7.05 Å². The molecule has 0 bridgehead atoms. The number of fused-ring (bicyclic) bond motifs is 1. The maximum absolute atomic E-state index is 13.1. The number of hydrogen-bond donors (Lipinski definition) is 1. The third kappa shape index (κ3) is 4.90. The predicted octanol–water partition coefficient (Wildman–Crippen LogP) is 4.07. The Hall–Kier alpha value is -3.65. The van der Waals surface area contributed by atoms with Gasteiger partial charge in [-0.25, -0.2) is 0 Å². The zero-order valence-corrected chi connectivity index (χ0v) is 19.6. The summed E-state index contributed by atoms with van der Waals surface area (Å²) in [5.41, 5.74) is 2.70. The molecule has 1 N–H and O–H groups in total. The van der Waals surface area contributed by atoms with E-state index in [0.717, 1.165) is 27.7 Å². The van der Waals surface area contributed by atoms with Gasteiger partial charge in [0.1, 0.15) is 5.82 Å². The van der Waals surface area contributed by atoms with Gasteiger partial charge >= 0.3 is 0 Å². The Labute approximate surface area is 193 Å². The molecule has 0 aliphatic heterocycles. The van der Waals surface area contributed by atoms with Gasteiger partial charge < -0.3 is 14.8 Å². The first-order valence-corrected chi connectivity index (χ1v) is 10.8. The van der Waals surface area contributed by atoms with Crippen molar-refractivity contribution in [1.29, 1.82) is 0 Å². The molecule has 2 aromatic carbocycles. The molecule has 0 fully saturated rings. The molecule has 0 spiro atoms. The summed E-state index contributed by atoms with van der Waals surface area (Å²) in [6.45, 7) is 6.40. The van der Waals surface area contributed by atoms with Crippen molar-refractivity contribution in [2.75, 3.05) is 12.4 Å². The van der Waals surface area contributed by atoms with Gasteiger partial charge in [0, 0.05) is 20.2 Å². The minimum atomic E-state index is -1.17. The lowest BCUT2D eigenvalue weighted by Gasteiger charge is -2.24. The monoisotopic (exact) mass is 447 g/mol. The van der Waals surface area contributed by atoms with E-state index in [1.165, 1.54) is 0 Å². The van der Waals surface area contributed by atoms with Crippen molar-refractivity contribution in [2.45, 2.75) is 39.5 Å². The summed E-state index contributed by atoms with van der Waals surface area (Å²) < 4.78 is 15.1. The number of nitrogens with zero attached hydrogens (tertiary/aromatic N) is 4. The predicted molar refractivity (Wildman–Crippen MR) is 127 cm³/mol. The van der Waals surface area contributed by atoms with Crippen molar-refractivity contribution in [3.8, 4) is 5.88 Å². The maximum atomic E-state index is 13.1. The van der Waals surface area contributed by atoms with Crippen LogP contribution in [0.5, 0.6) is 5.88 Å². The number of carbonyl (C=O) groups is 1. The second kappa shape index (κ2) is 9.07. The van der Waals surface area contributed by atoms with Crippen LogP contribution in [0.4, 0.5) is 5.82 Å². The molecule has 8 heteroatoms. The van der Waals surface area contributed by atoms with E-state index in [1.807, 2.05) is 54.1 Å². The van der Waals surface area contributed by atoms with E-state index in [2.05, 4.69) is 22.5 Å². The van der Waals surface area contributed by atoms with Gasteiger partial charge in [-0.05, 0) is 44.0 Å². The van der Waals surface area contributed by atoms with Gasteiger partial charge in [-0.3, -0.25) is 14.2 Å². The Morgan fingerprint density at radius 1 is 1.06 bits per heavy atom. The van der Waals surface area contributed by atoms with E-state index in [9.17, 15) is 4.79 Å². The Morgan fingerprint density at radius 2 is 1.82 bits per heavy atom. The first-order chi connectivity index (χ1) is 15.8. The molecule has 0 aliphatic carbocycles.